The molecule has 3 amide bonds. The summed E-state index contributed by atoms with van der Waals surface area (Å²) in [5.74, 6) is -2.59. The molecule has 4 rings (SSSR count). The summed E-state index contributed by atoms with van der Waals surface area (Å²) in [6, 6.07) is 10.5. The van der Waals surface area contributed by atoms with Crippen LogP contribution in [0.1, 0.15) is 41.2 Å². The standard InChI is InChI=1S/C26H28N4O9/c1-38-19-8-3-6-17(14-19)25(34)28-10-11-29(26(35)21-9-4-12-39-21)24(28)23(33)27-20(15-22(31)32)16-5-2-7-18(13-16)30(36)37/h2-3,5-8,13-14,20-21,24H,4,9-12,15H2,1H3,(H,27,33)(H,31,32). The summed E-state index contributed by atoms with van der Waals surface area (Å²) in [7, 11) is 1.45. The molecule has 39 heavy (non-hydrogen) atoms. The van der Waals surface area contributed by atoms with Crippen LogP contribution in [-0.2, 0) is 19.1 Å². The van der Waals surface area contributed by atoms with Gasteiger partial charge < -0.3 is 29.7 Å². The average molecular weight is 541 g/mol. The summed E-state index contributed by atoms with van der Waals surface area (Å²) in [4.78, 5) is 65.3. The van der Waals surface area contributed by atoms with E-state index >= 15 is 0 Å². The fourth-order valence-corrected chi connectivity index (χ4v) is 4.76. The third kappa shape index (κ3) is 6.14. The van der Waals surface area contributed by atoms with Crippen molar-refractivity contribution in [3.63, 3.8) is 0 Å². The zero-order valence-electron chi connectivity index (χ0n) is 21.1. The largest absolute Gasteiger partial charge is 0.497 e. The summed E-state index contributed by atoms with van der Waals surface area (Å²) in [5, 5.41) is 23.4. The van der Waals surface area contributed by atoms with Gasteiger partial charge in [-0.1, -0.05) is 18.2 Å². The number of amides is 3. The van der Waals surface area contributed by atoms with Gasteiger partial charge in [-0.15, -0.1) is 0 Å². The number of non-ortho nitro benzene ring substituents is 1. The lowest BCUT2D eigenvalue weighted by Gasteiger charge is -2.31. The first-order valence-corrected chi connectivity index (χ1v) is 12.3. The number of carbonyl (C=O) groups excluding carboxylic acids is 3. The number of nitrogens with one attached hydrogen (secondary N) is 1. The number of rotatable bonds is 9. The monoisotopic (exact) mass is 540 g/mol. The first-order valence-electron chi connectivity index (χ1n) is 12.3. The van der Waals surface area contributed by atoms with E-state index in [9.17, 15) is 34.4 Å². The maximum absolute atomic E-state index is 13.7. The number of nitro groups is 1. The molecule has 0 aliphatic carbocycles. The Kier molecular flexibility index (Phi) is 8.39. The molecule has 206 valence electrons. The molecule has 0 saturated carbocycles. The number of hydrogen-bond acceptors (Lipinski definition) is 8. The van der Waals surface area contributed by atoms with E-state index in [4.69, 9.17) is 9.47 Å². The molecule has 2 aromatic rings. The highest BCUT2D eigenvalue weighted by molar-refractivity contribution is 6.00. The first-order chi connectivity index (χ1) is 18.7. The molecule has 13 heteroatoms. The first kappa shape index (κ1) is 27.5. The predicted octanol–water partition coefficient (Wildman–Crippen LogP) is 1.73. The molecule has 0 bridgehead atoms. The maximum Gasteiger partial charge on any atom is 0.305 e. The predicted molar refractivity (Wildman–Crippen MR) is 135 cm³/mol. The SMILES string of the molecule is COc1cccc(C(=O)N2CCN(C(=O)C3CCCO3)C2C(=O)NC(CC(=O)O)c2cccc([N+](=O)[O-])c2)c1. The number of nitro benzene ring substituents is 1. The molecular weight excluding hydrogens is 512 g/mol. The van der Waals surface area contributed by atoms with Gasteiger partial charge in [-0.05, 0) is 36.6 Å². The second-order valence-electron chi connectivity index (χ2n) is 9.15. The number of hydrogen-bond donors (Lipinski definition) is 2. The summed E-state index contributed by atoms with van der Waals surface area (Å²) in [5.41, 5.74) is 0.156. The van der Waals surface area contributed by atoms with E-state index in [0.29, 0.717) is 25.2 Å². The van der Waals surface area contributed by atoms with Crippen LogP contribution in [0, 0.1) is 10.1 Å². The fraction of sp³-hybridized carbons (Fsp3) is 0.385. The van der Waals surface area contributed by atoms with Crippen molar-refractivity contribution in [2.75, 3.05) is 26.8 Å². The number of ether oxygens (including phenoxy) is 2. The Bertz CT molecular complexity index is 1280. The highest BCUT2D eigenvalue weighted by Gasteiger charge is 2.46. The summed E-state index contributed by atoms with van der Waals surface area (Å²) in [6.07, 6.45) is -1.57. The molecule has 3 atom stereocenters. The van der Waals surface area contributed by atoms with Crippen molar-refractivity contribution in [2.45, 2.75) is 37.6 Å². The van der Waals surface area contributed by atoms with Gasteiger partial charge in [0.2, 0.25) is 0 Å². The molecule has 0 aromatic heterocycles. The minimum Gasteiger partial charge on any atom is -0.497 e. The quantitative estimate of drug-likeness (QED) is 0.355. The smallest absolute Gasteiger partial charge is 0.305 e. The van der Waals surface area contributed by atoms with Crippen molar-refractivity contribution < 1.29 is 38.7 Å². The zero-order valence-corrected chi connectivity index (χ0v) is 21.1. The van der Waals surface area contributed by atoms with Gasteiger partial charge >= 0.3 is 5.97 Å². The number of nitrogens with zero attached hydrogens (tertiary/aromatic N) is 3. The van der Waals surface area contributed by atoms with Gasteiger partial charge in [-0.2, -0.15) is 0 Å². The van der Waals surface area contributed by atoms with Crippen LogP contribution < -0.4 is 10.1 Å². The van der Waals surface area contributed by atoms with Gasteiger partial charge in [0.25, 0.3) is 23.4 Å². The van der Waals surface area contributed by atoms with Crippen LogP contribution in [-0.4, -0.2) is 82.6 Å². The molecule has 2 fully saturated rings. The number of carbonyl (C=O) groups is 4. The average Bonchev–Trinajstić information content (AvgIpc) is 3.62. The van der Waals surface area contributed by atoms with Crippen molar-refractivity contribution in [1.29, 1.82) is 0 Å². The van der Waals surface area contributed by atoms with E-state index in [2.05, 4.69) is 5.32 Å². The lowest BCUT2D eigenvalue weighted by atomic mass is 10.0. The molecular formula is C26H28N4O9. The highest BCUT2D eigenvalue weighted by atomic mass is 16.6. The molecule has 2 aliphatic rings. The van der Waals surface area contributed by atoms with Crippen molar-refractivity contribution >= 4 is 29.4 Å². The zero-order chi connectivity index (χ0) is 28.1. The van der Waals surface area contributed by atoms with Crippen LogP contribution in [0.2, 0.25) is 0 Å². The van der Waals surface area contributed by atoms with Gasteiger partial charge in [-0.25, -0.2) is 0 Å². The van der Waals surface area contributed by atoms with Crippen LogP contribution in [0.5, 0.6) is 5.75 Å². The Morgan fingerprint density at radius 2 is 1.90 bits per heavy atom. The summed E-state index contributed by atoms with van der Waals surface area (Å²) in [6.45, 7) is 0.515. The minimum absolute atomic E-state index is 0.0486. The topological polar surface area (TPSA) is 169 Å². The second kappa shape index (κ2) is 11.9. The molecule has 2 aliphatic heterocycles. The van der Waals surface area contributed by atoms with Crippen molar-refractivity contribution in [2.24, 2.45) is 0 Å². The van der Waals surface area contributed by atoms with Gasteiger partial charge in [0.05, 0.1) is 24.5 Å². The van der Waals surface area contributed by atoms with Crippen LogP contribution in [0.25, 0.3) is 0 Å². The third-order valence-electron chi connectivity index (χ3n) is 6.65. The Hall–Kier alpha value is -4.52. The number of carboxylic acid groups (broad SMARTS) is 1. The Morgan fingerprint density at radius 3 is 2.56 bits per heavy atom. The van der Waals surface area contributed by atoms with Gasteiger partial charge in [-0.3, -0.25) is 29.3 Å². The van der Waals surface area contributed by atoms with Gasteiger partial charge in [0.1, 0.15) is 11.9 Å². The molecule has 13 nitrogen and oxygen atoms in total. The van der Waals surface area contributed by atoms with Crippen molar-refractivity contribution in [3.05, 3.63) is 69.8 Å². The minimum atomic E-state index is -1.39. The number of benzene rings is 2. The molecule has 0 spiro atoms. The van der Waals surface area contributed by atoms with Crippen molar-refractivity contribution in [3.8, 4) is 5.75 Å². The Labute approximate surface area is 223 Å². The Balaban J connectivity index is 1.66. The summed E-state index contributed by atoms with van der Waals surface area (Å²) < 4.78 is 10.7. The lowest BCUT2D eigenvalue weighted by molar-refractivity contribution is -0.384. The van der Waals surface area contributed by atoms with E-state index < -0.39 is 53.3 Å². The molecule has 2 heterocycles. The highest BCUT2D eigenvalue weighted by Crippen LogP contribution is 2.27. The van der Waals surface area contributed by atoms with E-state index in [1.165, 1.54) is 47.2 Å². The van der Waals surface area contributed by atoms with Crippen LogP contribution >= 0.6 is 0 Å². The third-order valence-corrected chi connectivity index (χ3v) is 6.65. The normalized spacial score (nSPS) is 19.4. The van der Waals surface area contributed by atoms with Crippen LogP contribution in [0.3, 0.4) is 0 Å². The van der Waals surface area contributed by atoms with Crippen LogP contribution in [0.15, 0.2) is 48.5 Å². The van der Waals surface area contributed by atoms with Gasteiger partial charge in [0, 0.05) is 37.4 Å². The van der Waals surface area contributed by atoms with E-state index in [-0.39, 0.29) is 29.9 Å². The number of aliphatic carboxylic acids is 1. The molecule has 3 unspecified atom stereocenters. The fourth-order valence-electron chi connectivity index (χ4n) is 4.76. The molecule has 0 radical (unpaired) electrons. The van der Waals surface area contributed by atoms with Crippen LogP contribution in [0.4, 0.5) is 5.69 Å². The lowest BCUT2D eigenvalue weighted by Crippen LogP contribution is -2.56. The maximum atomic E-state index is 13.7. The number of carboxylic acids is 1. The van der Waals surface area contributed by atoms with E-state index in [1.807, 2.05) is 0 Å². The summed E-state index contributed by atoms with van der Waals surface area (Å²) >= 11 is 0. The van der Waals surface area contributed by atoms with Gasteiger partial charge in [0.15, 0.2) is 6.17 Å². The van der Waals surface area contributed by atoms with E-state index in [1.54, 1.807) is 18.2 Å². The van der Waals surface area contributed by atoms with Crippen molar-refractivity contribution in [1.82, 2.24) is 15.1 Å². The molecule has 2 aromatic carbocycles. The number of methoxy groups -OCH3 is 1. The second-order valence-corrected chi connectivity index (χ2v) is 9.15. The molecule has 2 saturated heterocycles. The molecule has 2 N–H and O–H groups in total. The Morgan fingerprint density at radius 1 is 1.15 bits per heavy atom. The van der Waals surface area contributed by atoms with E-state index in [0.717, 1.165) is 0 Å².